The summed E-state index contributed by atoms with van der Waals surface area (Å²) in [4.78, 5) is 21.2. The highest BCUT2D eigenvalue weighted by Gasteiger charge is 2.16. The van der Waals surface area contributed by atoms with E-state index >= 15 is 0 Å². The van der Waals surface area contributed by atoms with Gasteiger partial charge in [-0.1, -0.05) is 6.92 Å². The Morgan fingerprint density at radius 2 is 2.00 bits per heavy atom. The number of carbonyl (C=O) groups is 1. The number of aromatic carboxylic acids is 1. The zero-order chi connectivity index (χ0) is 22.1. The summed E-state index contributed by atoms with van der Waals surface area (Å²) in [6.45, 7) is 7.12. The molecule has 0 fully saturated rings. The second-order valence-corrected chi connectivity index (χ2v) is 8.48. The average molecular weight is 439 g/mol. The van der Waals surface area contributed by atoms with Gasteiger partial charge in [-0.25, -0.2) is 19.2 Å². The molecule has 0 saturated carbocycles. The molecule has 8 heteroatoms. The van der Waals surface area contributed by atoms with Gasteiger partial charge in [0.2, 0.25) is 0 Å². The maximum atomic E-state index is 13.9. The number of anilines is 1. The minimum absolute atomic E-state index is 0.235. The highest BCUT2D eigenvalue weighted by atomic mass is 32.1. The molecule has 0 bridgehead atoms. The number of carboxylic acids is 1. The predicted octanol–water partition coefficient (Wildman–Crippen LogP) is 5.29. The van der Waals surface area contributed by atoms with Crippen molar-refractivity contribution in [3.8, 4) is 10.6 Å². The smallest absolute Gasteiger partial charge is 0.346 e. The lowest BCUT2D eigenvalue weighted by molar-refractivity contribution is 0.0701. The quantitative estimate of drug-likeness (QED) is 0.410. The van der Waals surface area contributed by atoms with Gasteiger partial charge >= 0.3 is 5.97 Å². The number of benzene rings is 1. The monoisotopic (exact) mass is 438 g/mol. The van der Waals surface area contributed by atoms with Crippen molar-refractivity contribution in [2.75, 3.05) is 11.9 Å². The SMILES string of the molecule is CCc1cc(-c2cc(NCCn3c(C)cc4c(C)cc(F)cc43)ncn2)sc1C(=O)O. The number of hydrogen-bond acceptors (Lipinski definition) is 5. The molecule has 0 spiro atoms. The van der Waals surface area contributed by atoms with Gasteiger partial charge < -0.3 is 15.0 Å². The molecule has 0 aliphatic rings. The fraction of sp³-hybridized carbons (Fsp3) is 0.261. The van der Waals surface area contributed by atoms with E-state index in [0.29, 0.717) is 35.9 Å². The Morgan fingerprint density at radius 1 is 1.19 bits per heavy atom. The fourth-order valence-corrected chi connectivity index (χ4v) is 4.86. The van der Waals surface area contributed by atoms with Crippen LogP contribution < -0.4 is 5.32 Å². The summed E-state index contributed by atoms with van der Waals surface area (Å²) in [5, 5.41) is 13.7. The minimum Gasteiger partial charge on any atom is -0.477 e. The van der Waals surface area contributed by atoms with Gasteiger partial charge in [-0.15, -0.1) is 11.3 Å². The van der Waals surface area contributed by atoms with E-state index < -0.39 is 5.97 Å². The lowest BCUT2D eigenvalue weighted by atomic mass is 10.1. The molecular weight excluding hydrogens is 415 g/mol. The van der Waals surface area contributed by atoms with Gasteiger partial charge in [-0.2, -0.15) is 0 Å². The normalized spacial score (nSPS) is 11.2. The van der Waals surface area contributed by atoms with Gasteiger partial charge in [-0.05, 0) is 55.7 Å². The number of aryl methyl sites for hydroxylation is 3. The third-order valence-electron chi connectivity index (χ3n) is 5.34. The summed E-state index contributed by atoms with van der Waals surface area (Å²) in [7, 11) is 0. The average Bonchev–Trinajstić information content (AvgIpc) is 3.31. The molecule has 0 amide bonds. The van der Waals surface area contributed by atoms with Crippen LogP contribution in [0.1, 0.15) is 33.4 Å². The molecule has 0 aliphatic heterocycles. The summed E-state index contributed by atoms with van der Waals surface area (Å²) in [6.07, 6.45) is 2.12. The molecular formula is C23H23FN4O2S. The molecule has 0 aliphatic carbocycles. The van der Waals surface area contributed by atoms with Crippen LogP contribution in [0, 0.1) is 19.7 Å². The Bertz CT molecular complexity index is 1280. The molecule has 0 radical (unpaired) electrons. The summed E-state index contributed by atoms with van der Waals surface area (Å²) in [6, 6.07) is 8.90. The minimum atomic E-state index is -0.915. The first-order valence-corrected chi connectivity index (χ1v) is 10.9. The van der Waals surface area contributed by atoms with E-state index in [1.807, 2.05) is 32.9 Å². The van der Waals surface area contributed by atoms with E-state index in [1.165, 1.54) is 17.7 Å². The Hall–Kier alpha value is -3.26. The molecule has 6 nitrogen and oxygen atoms in total. The van der Waals surface area contributed by atoms with Gasteiger partial charge in [0.1, 0.15) is 22.8 Å². The molecule has 1 aromatic carbocycles. The second kappa shape index (κ2) is 8.47. The second-order valence-electron chi connectivity index (χ2n) is 7.43. The van der Waals surface area contributed by atoms with Crippen molar-refractivity contribution in [2.24, 2.45) is 0 Å². The first kappa shape index (κ1) is 21.0. The number of carboxylic acid groups (broad SMARTS) is 1. The van der Waals surface area contributed by atoms with Gasteiger partial charge in [-0.3, -0.25) is 0 Å². The molecule has 3 heterocycles. The Balaban J connectivity index is 1.52. The molecule has 0 unspecified atom stereocenters. The van der Waals surface area contributed by atoms with Crippen molar-refractivity contribution >= 4 is 34.0 Å². The van der Waals surface area contributed by atoms with E-state index in [0.717, 1.165) is 32.6 Å². The van der Waals surface area contributed by atoms with Crippen LogP contribution in [0.4, 0.5) is 10.2 Å². The summed E-state index contributed by atoms with van der Waals surface area (Å²) < 4.78 is 16.0. The highest BCUT2D eigenvalue weighted by molar-refractivity contribution is 7.17. The predicted molar refractivity (Wildman–Crippen MR) is 122 cm³/mol. The van der Waals surface area contributed by atoms with E-state index in [-0.39, 0.29) is 5.82 Å². The summed E-state index contributed by atoms with van der Waals surface area (Å²) in [5.74, 6) is -0.493. The molecule has 3 aromatic heterocycles. The molecule has 31 heavy (non-hydrogen) atoms. The Labute approximate surface area is 183 Å². The van der Waals surface area contributed by atoms with Crippen molar-refractivity contribution in [1.82, 2.24) is 14.5 Å². The number of rotatable bonds is 7. The molecule has 0 saturated heterocycles. The van der Waals surface area contributed by atoms with E-state index in [9.17, 15) is 14.3 Å². The summed E-state index contributed by atoms with van der Waals surface area (Å²) in [5.41, 5.74) is 4.37. The molecule has 4 rings (SSSR count). The third-order valence-corrected chi connectivity index (χ3v) is 6.53. The van der Waals surface area contributed by atoms with Crippen molar-refractivity contribution in [1.29, 1.82) is 0 Å². The van der Waals surface area contributed by atoms with Crippen LogP contribution in [0.5, 0.6) is 0 Å². The van der Waals surface area contributed by atoms with Crippen LogP contribution in [-0.2, 0) is 13.0 Å². The molecule has 4 aromatic rings. The number of aromatic nitrogens is 3. The van der Waals surface area contributed by atoms with Crippen LogP contribution >= 0.6 is 11.3 Å². The van der Waals surface area contributed by atoms with Crippen LogP contribution in [0.3, 0.4) is 0 Å². The Kier molecular flexibility index (Phi) is 5.73. The van der Waals surface area contributed by atoms with Crippen LogP contribution in [-0.4, -0.2) is 32.2 Å². The maximum absolute atomic E-state index is 13.9. The zero-order valence-corrected chi connectivity index (χ0v) is 18.4. The largest absolute Gasteiger partial charge is 0.477 e. The van der Waals surface area contributed by atoms with E-state index in [4.69, 9.17) is 0 Å². The number of halogens is 1. The number of fused-ring (bicyclic) bond motifs is 1. The third kappa shape index (κ3) is 4.16. The standard InChI is InChI=1S/C23H23FN4O2S/c1-4-15-9-20(31-22(15)23(29)30)18-11-21(27-12-26-18)25-5-6-28-14(3)8-17-13(2)7-16(24)10-19(17)28/h7-12H,4-6H2,1-3H3,(H,29,30)(H,25,26,27). The van der Waals surface area contributed by atoms with Crippen LogP contribution in [0.25, 0.3) is 21.5 Å². The van der Waals surface area contributed by atoms with E-state index in [2.05, 4.69) is 25.9 Å². The lowest BCUT2D eigenvalue weighted by Crippen LogP contribution is -2.12. The molecule has 2 N–H and O–H groups in total. The van der Waals surface area contributed by atoms with Gasteiger partial charge in [0, 0.05) is 30.2 Å². The number of thiophene rings is 1. The van der Waals surface area contributed by atoms with Gasteiger partial charge in [0.15, 0.2) is 0 Å². The first-order chi connectivity index (χ1) is 14.9. The van der Waals surface area contributed by atoms with Crippen molar-refractivity contribution < 1.29 is 14.3 Å². The molecule has 0 atom stereocenters. The first-order valence-electron chi connectivity index (χ1n) is 10.1. The van der Waals surface area contributed by atoms with Gasteiger partial charge in [0.05, 0.1) is 16.1 Å². The number of nitrogens with one attached hydrogen (secondary N) is 1. The van der Waals surface area contributed by atoms with E-state index in [1.54, 1.807) is 12.1 Å². The number of hydrogen-bond donors (Lipinski definition) is 2. The lowest BCUT2D eigenvalue weighted by Gasteiger charge is -2.11. The molecule has 160 valence electrons. The fourth-order valence-electron chi connectivity index (χ4n) is 3.80. The summed E-state index contributed by atoms with van der Waals surface area (Å²) >= 11 is 1.22. The van der Waals surface area contributed by atoms with Gasteiger partial charge in [0.25, 0.3) is 0 Å². The highest BCUT2D eigenvalue weighted by Crippen LogP contribution is 2.31. The zero-order valence-electron chi connectivity index (χ0n) is 17.6. The topological polar surface area (TPSA) is 80.0 Å². The maximum Gasteiger partial charge on any atom is 0.346 e. The van der Waals surface area contributed by atoms with Crippen LogP contribution in [0.2, 0.25) is 0 Å². The van der Waals surface area contributed by atoms with Crippen LogP contribution in [0.15, 0.2) is 36.7 Å². The Morgan fingerprint density at radius 3 is 2.71 bits per heavy atom. The van der Waals surface area contributed by atoms with Crippen molar-refractivity contribution in [2.45, 2.75) is 33.7 Å². The number of nitrogens with zero attached hydrogens (tertiary/aromatic N) is 3. The van der Waals surface area contributed by atoms with Crippen molar-refractivity contribution in [3.63, 3.8) is 0 Å². The van der Waals surface area contributed by atoms with Crippen molar-refractivity contribution in [3.05, 3.63) is 64.2 Å².